The van der Waals surface area contributed by atoms with Crippen LogP contribution in [0.3, 0.4) is 0 Å². The standard InChI is InChI=1S/C19H31NO2/c1-3-4-5-6-7-8-12-15-18(21)20-16(2)19(22)17-13-10-9-11-14-17/h9-11,13-14,16,19,22H,3-8,12,15H2,1-2H3,(H,20,21). The predicted octanol–water partition coefficient (Wildman–Crippen LogP) is 4.37. The van der Waals surface area contributed by atoms with Crippen LogP contribution in [0.2, 0.25) is 0 Å². The number of aliphatic hydroxyl groups excluding tert-OH is 1. The maximum atomic E-state index is 11.9. The molecule has 0 aromatic heterocycles. The Balaban J connectivity index is 2.16. The van der Waals surface area contributed by atoms with E-state index in [1.165, 1.54) is 32.1 Å². The summed E-state index contributed by atoms with van der Waals surface area (Å²) in [6.07, 6.45) is 8.34. The molecule has 3 heteroatoms. The first-order valence-electron chi connectivity index (χ1n) is 8.67. The van der Waals surface area contributed by atoms with E-state index in [0.717, 1.165) is 18.4 Å². The maximum Gasteiger partial charge on any atom is 0.220 e. The molecule has 0 fully saturated rings. The minimum atomic E-state index is -0.654. The molecule has 2 atom stereocenters. The number of aliphatic hydroxyl groups is 1. The molecular weight excluding hydrogens is 274 g/mol. The van der Waals surface area contributed by atoms with Gasteiger partial charge in [-0.1, -0.05) is 75.8 Å². The number of hydrogen-bond acceptors (Lipinski definition) is 2. The topological polar surface area (TPSA) is 49.3 Å². The van der Waals surface area contributed by atoms with Gasteiger partial charge < -0.3 is 10.4 Å². The van der Waals surface area contributed by atoms with Crippen molar-refractivity contribution in [1.82, 2.24) is 5.32 Å². The average Bonchev–Trinajstić information content (AvgIpc) is 2.54. The van der Waals surface area contributed by atoms with Crippen LogP contribution in [0.5, 0.6) is 0 Å². The molecule has 1 rings (SSSR count). The largest absolute Gasteiger partial charge is 0.386 e. The van der Waals surface area contributed by atoms with Crippen molar-refractivity contribution < 1.29 is 9.90 Å². The maximum absolute atomic E-state index is 11.9. The third-order valence-corrected chi connectivity index (χ3v) is 4.01. The second-order valence-electron chi connectivity index (χ2n) is 6.08. The summed E-state index contributed by atoms with van der Waals surface area (Å²) < 4.78 is 0. The smallest absolute Gasteiger partial charge is 0.220 e. The number of unbranched alkanes of at least 4 members (excludes halogenated alkanes) is 6. The molecule has 2 N–H and O–H groups in total. The average molecular weight is 305 g/mol. The van der Waals surface area contributed by atoms with E-state index in [1.807, 2.05) is 37.3 Å². The van der Waals surface area contributed by atoms with Crippen LogP contribution in [0.25, 0.3) is 0 Å². The highest BCUT2D eigenvalue weighted by Crippen LogP contribution is 2.16. The number of rotatable bonds is 11. The lowest BCUT2D eigenvalue weighted by Gasteiger charge is -2.20. The fourth-order valence-electron chi connectivity index (χ4n) is 2.59. The van der Waals surface area contributed by atoms with Gasteiger partial charge in [0.15, 0.2) is 0 Å². The lowest BCUT2D eigenvalue weighted by molar-refractivity contribution is -0.122. The molecule has 0 spiro atoms. The summed E-state index contributed by atoms with van der Waals surface area (Å²) in [5, 5.41) is 13.1. The Morgan fingerprint density at radius 1 is 1.05 bits per heavy atom. The van der Waals surface area contributed by atoms with E-state index < -0.39 is 6.10 Å². The Morgan fingerprint density at radius 2 is 1.64 bits per heavy atom. The van der Waals surface area contributed by atoms with E-state index in [-0.39, 0.29) is 11.9 Å². The third kappa shape index (κ3) is 7.60. The molecule has 0 bridgehead atoms. The lowest BCUT2D eigenvalue weighted by atomic mass is 10.0. The number of benzene rings is 1. The van der Waals surface area contributed by atoms with E-state index in [9.17, 15) is 9.90 Å². The summed E-state index contributed by atoms with van der Waals surface area (Å²) in [4.78, 5) is 11.9. The Morgan fingerprint density at radius 3 is 2.27 bits per heavy atom. The minimum absolute atomic E-state index is 0.0380. The second-order valence-corrected chi connectivity index (χ2v) is 6.08. The van der Waals surface area contributed by atoms with Gasteiger partial charge >= 0.3 is 0 Å². The van der Waals surface area contributed by atoms with Gasteiger partial charge in [0, 0.05) is 6.42 Å². The SMILES string of the molecule is CCCCCCCCCC(=O)NC(C)C(O)c1ccccc1. The van der Waals surface area contributed by atoms with Crippen molar-refractivity contribution in [3.63, 3.8) is 0 Å². The van der Waals surface area contributed by atoms with Gasteiger partial charge in [0.2, 0.25) is 5.91 Å². The molecule has 2 unspecified atom stereocenters. The zero-order valence-electron chi connectivity index (χ0n) is 14.1. The van der Waals surface area contributed by atoms with Crippen molar-refractivity contribution in [3.05, 3.63) is 35.9 Å². The molecule has 124 valence electrons. The van der Waals surface area contributed by atoms with Gasteiger partial charge in [0.05, 0.1) is 12.1 Å². The van der Waals surface area contributed by atoms with Gasteiger partial charge in [-0.25, -0.2) is 0 Å². The van der Waals surface area contributed by atoms with Gasteiger partial charge in [0.25, 0.3) is 0 Å². The number of carbonyl (C=O) groups is 1. The monoisotopic (exact) mass is 305 g/mol. The molecular formula is C19H31NO2. The summed E-state index contributed by atoms with van der Waals surface area (Å²) in [6.45, 7) is 4.07. The summed E-state index contributed by atoms with van der Waals surface area (Å²) in [5.74, 6) is 0.0380. The molecule has 0 aliphatic heterocycles. The first-order valence-corrected chi connectivity index (χ1v) is 8.67. The quantitative estimate of drug-likeness (QED) is 0.597. The van der Waals surface area contributed by atoms with Crippen molar-refractivity contribution in [2.45, 2.75) is 77.4 Å². The fourth-order valence-corrected chi connectivity index (χ4v) is 2.59. The van der Waals surface area contributed by atoms with Crippen LogP contribution < -0.4 is 5.32 Å². The van der Waals surface area contributed by atoms with Gasteiger partial charge in [-0.15, -0.1) is 0 Å². The molecule has 0 aliphatic rings. The first-order chi connectivity index (χ1) is 10.6. The van der Waals surface area contributed by atoms with E-state index in [4.69, 9.17) is 0 Å². The van der Waals surface area contributed by atoms with E-state index in [1.54, 1.807) is 0 Å². The number of nitrogens with one attached hydrogen (secondary N) is 1. The normalized spacial score (nSPS) is 13.6. The highest BCUT2D eigenvalue weighted by Gasteiger charge is 2.17. The van der Waals surface area contributed by atoms with Crippen molar-refractivity contribution in [2.75, 3.05) is 0 Å². The minimum Gasteiger partial charge on any atom is -0.386 e. The molecule has 0 radical (unpaired) electrons. The molecule has 1 aromatic rings. The summed E-state index contributed by atoms with van der Waals surface area (Å²) in [6, 6.07) is 9.20. The van der Waals surface area contributed by atoms with Crippen LogP contribution in [0, 0.1) is 0 Å². The highest BCUT2D eigenvalue weighted by atomic mass is 16.3. The van der Waals surface area contributed by atoms with Crippen LogP contribution in [-0.4, -0.2) is 17.1 Å². The molecule has 3 nitrogen and oxygen atoms in total. The summed E-state index contributed by atoms with van der Waals surface area (Å²) in [7, 11) is 0. The van der Waals surface area contributed by atoms with Crippen molar-refractivity contribution in [3.8, 4) is 0 Å². The molecule has 1 amide bonds. The fraction of sp³-hybridized carbons (Fsp3) is 0.632. The molecule has 0 heterocycles. The zero-order valence-corrected chi connectivity index (χ0v) is 14.1. The van der Waals surface area contributed by atoms with Gasteiger partial charge in [-0.05, 0) is 18.9 Å². The zero-order chi connectivity index (χ0) is 16.2. The number of carbonyl (C=O) groups excluding carboxylic acids is 1. The van der Waals surface area contributed by atoms with E-state index >= 15 is 0 Å². The molecule has 0 saturated carbocycles. The van der Waals surface area contributed by atoms with Crippen molar-refractivity contribution >= 4 is 5.91 Å². The van der Waals surface area contributed by atoms with Crippen LogP contribution in [0.4, 0.5) is 0 Å². The summed E-state index contributed by atoms with van der Waals surface area (Å²) >= 11 is 0. The Kier molecular flexibility index (Phi) is 9.56. The molecule has 1 aromatic carbocycles. The Bertz CT molecular complexity index is 405. The van der Waals surface area contributed by atoms with Crippen LogP contribution >= 0.6 is 0 Å². The lowest BCUT2D eigenvalue weighted by Crippen LogP contribution is -2.36. The predicted molar refractivity (Wildman–Crippen MR) is 91.6 cm³/mol. The number of amides is 1. The van der Waals surface area contributed by atoms with Crippen LogP contribution in [0.1, 0.15) is 76.9 Å². The number of hydrogen-bond donors (Lipinski definition) is 2. The van der Waals surface area contributed by atoms with E-state index in [2.05, 4.69) is 12.2 Å². The summed E-state index contributed by atoms with van der Waals surface area (Å²) in [5.41, 5.74) is 0.839. The van der Waals surface area contributed by atoms with E-state index in [0.29, 0.717) is 6.42 Å². The van der Waals surface area contributed by atoms with Crippen LogP contribution in [-0.2, 0) is 4.79 Å². The van der Waals surface area contributed by atoms with Gasteiger partial charge in [0.1, 0.15) is 0 Å². The molecule has 0 saturated heterocycles. The molecule has 22 heavy (non-hydrogen) atoms. The Hall–Kier alpha value is -1.35. The highest BCUT2D eigenvalue weighted by molar-refractivity contribution is 5.76. The second kappa shape index (κ2) is 11.2. The van der Waals surface area contributed by atoms with Crippen molar-refractivity contribution in [2.24, 2.45) is 0 Å². The first kappa shape index (κ1) is 18.7. The third-order valence-electron chi connectivity index (χ3n) is 4.01. The molecule has 0 aliphatic carbocycles. The van der Waals surface area contributed by atoms with Crippen LogP contribution in [0.15, 0.2) is 30.3 Å². The van der Waals surface area contributed by atoms with Gasteiger partial charge in [-0.2, -0.15) is 0 Å². The Labute approximate surface area is 135 Å². The van der Waals surface area contributed by atoms with Crippen molar-refractivity contribution in [1.29, 1.82) is 0 Å². The van der Waals surface area contributed by atoms with Gasteiger partial charge in [-0.3, -0.25) is 4.79 Å².